The molecule has 2 heterocycles. The molecule has 0 aliphatic carbocycles. The van der Waals surface area contributed by atoms with Gasteiger partial charge in [-0.1, -0.05) is 5.16 Å². The molecule has 0 amide bonds. The monoisotopic (exact) mass is 337 g/mol. The Bertz CT molecular complexity index is 594. The van der Waals surface area contributed by atoms with Gasteiger partial charge in [-0.05, 0) is 60.1 Å². The first-order valence-electron chi connectivity index (χ1n) is 6.66. The largest absolute Gasteiger partial charge is 0.496 e. The van der Waals surface area contributed by atoms with E-state index >= 15 is 0 Å². The number of aromatic nitrogens is 2. The molecule has 20 heavy (non-hydrogen) atoms. The fourth-order valence-electron chi connectivity index (χ4n) is 2.39. The number of rotatable bonds is 3. The van der Waals surface area contributed by atoms with Gasteiger partial charge >= 0.3 is 0 Å². The third-order valence-electron chi connectivity index (χ3n) is 3.54. The van der Waals surface area contributed by atoms with Crippen LogP contribution < -0.4 is 10.1 Å². The SMILES string of the molecule is COc1ccc(-c2noc(C3CCNCC3)n2)cc1Br. The van der Waals surface area contributed by atoms with E-state index in [2.05, 4.69) is 31.4 Å². The summed E-state index contributed by atoms with van der Waals surface area (Å²) >= 11 is 3.47. The second-order valence-corrected chi connectivity index (χ2v) is 5.68. The molecule has 0 spiro atoms. The van der Waals surface area contributed by atoms with Crippen LogP contribution in [0.1, 0.15) is 24.7 Å². The average molecular weight is 338 g/mol. The zero-order valence-corrected chi connectivity index (χ0v) is 12.8. The predicted molar refractivity (Wildman–Crippen MR) is 78.8 cm³/mol. The van der Waals surface area contributed by atoms with Crippen molar-refractivity contribution in [1.29, 1.82) is 0 Å². The number of nitrogens with one attached hydrogen (secondary N) is 1. The lowest BCUT2D eigenvalue weighted by atomic mass is 9.98. The fraction of sp³-hybridized carbons (Fsp3) is 0.429. The molecule has 1 fully saturated rings. The Morgan fingerprint density at radius 1 is 1.35 bits per heavy atom. The third kappa shape index (κ3) is 2.71. The molecule has 106 valence electrons. The van der Waals surface area contributed by atoms with Crippen molar-refractivity contribution in [1.82, 2.24) is 15.5 Å². The van der Waals surface area contributed by atoms with Crippen LogP contribution in [0.5, 0.6) is 5.75 Å². The molecule has 5 nitrogen and oxygen atoms in total. The van der Waals surface area contributed by atoms with Gasteiger partial charge < -0.3 is 14.6 Å². The van der Waals surface area contributed by atoms with Crippen molar-refractivity contribution in [2.75, 3.05) is 20.2 Å². The van der Waals surface area contributed by atoms with Gasteiger partial charge in [-0.25, -0.2) is 0 Å². The van der Waals surface area contributed by atoms with Gasteiger partial charge in [0.1, 0.15) is 5.75 Å². The molecule has 1 N–H and O–H groups in total. The molecular formula is C14H16BrN3O2. The highest BCUT2D eigenvalue weighted by molar-refractivity contribution is 9.10. The minimum absolute atomic E-state index is 0.374. The number of halogens is 1. The van der Waals surface area contributed by atoms with Gasteiger partial charge in [0.15, 0.2) is 0 Å². The molecule has 3 rings (SSSR count). The van der Waals surface area contributed by atoms with Gasteiger partial charge in [-0.15, -0.1) is 0 Å². The maximum Gasteiger partial charge on any atom is 0.230 e. The quantitative estimate of drug-likeness (QED) is 0.932. The van der Waals surface area contributed by atoms with Crippen LogP contribution in [0.2, 0.25) is 0 Å². The summed E-state index contributed by atoms with van der Waals surface area (Å²) in [6.07, 6.45) is 2.10. The Morgan fingerprint density at radius 3 is 2.85 bits per heavy atom. The summed E-state index contributed by atoms with van der Waals surface area (Å²) in [6, 6.07) is 5.76. The van der Waals surface area contributed by atoms with Crippen molar-refractivity contribution in [2.24, 2.45) is 0 Å². The number of hydrogen-bond donors (Lipinski definition) is 1. The van der Waals surface area contributed by atoms with E-state index in [0.29, 0.717) is 11.7 Å². The van der Waals surface area contributed by atoms with Crippen LogP contribution in [0.15, 0.2) is 27.2 Å². The molecule has 0 unspecified atom stereocenters. The Morgan fingerprint density at radius 2 is 2.15 bits per heavy atom. The highest BCUT2D eigenvalue weighted by Gasteiger charge is 2.21. The molecule has 6 heteroatoms. The van der Waals surface area contributed by atoms with Crippen LogP contribution in [-0.4, -0.2) is 30.3 Å². The molecule has 0 bridgehead atoms. The first kappa shape index (κ1) is 13.6. The fourth-order valence-corrected chi connectivity index (χ4v) is 2.93. The molecule has 0 saturated carbocycles. The molecule has 1 aliphatic heterocycles. The van der Waals surface area contributed by atoms with Crippen LogP contribution in [0.25, 0.3) is 11.4 Å². The summed E-state index contributed by atoms with van der Waals surface area (Å²) < 4.78 is 11.5. The summed E-state index contributed by atoms with van der Waals surface area (Å²) in [4.78, 5) is 4.53. The summed E-state index contributed by atoms with van der Waals surface area (Å²) in [5.41, 5.74) is 0.918. The molecule has 0 atom stereocenters. The minimum atomic E-state index is 0.374. The highest BCUT2D eigenvalue weighted by atomic mass is 79.9. The topological polar surface area (TPSA) is 60.2 Å². The maximum atomic E-state index is 5.42. The Balaban J connectivity index is 1.84. The number of methoxy groups -OCH3 is 1. The van der Waals surface area contributed by atoms with E-state index in [-0.39, 0.29) is 0 Å². The van der Waals surface area contributed by atoms with Gasteiger partial charge in [0.05, 0.1) is 11.6 Å². The van der Waals surface area contributed by atoms with Gasteiger partial charge in [0, 0.05) is 11.5 Å². The molecule has 1 aliphatic rings. The number of hydrogen-bond acceptors (Lipinski definition) is 5. The molecule has 1 aromatic carbocycles. The van der Waals surface area contributed by atoms with Crippen molar-refractivity contribution in [3.63, 3.8) is 0 Å². The van der Waals surface area contributed by atoms with Crippen LogP contribution in [0.3, 0.4) is 0 Å². The molecule has 2 aromatic rings. The second kappa shape index (κ2) is 5.93. The first-order chi connectivity index (χ1) is 9.78. The van der Waals surface area contributed by atoms with E-state index in [1.54, 1.807) is 7.11 Å². The van der Waals surface area contributed by atoms with Crippen LogP contribution in [0, 0.1) is 0 Å². The van der Waals surface area contributed by atoms with Crippen molar-refractivity contribution >= 4 is 15.9 Å². The van der Waals surface area contributed by atoms with Crippen molar-refractivity contribution < 1.29 is 9.26 Å². The van der Waals surface area contributed by atoms with Crippen molar-refractivity contribution in [3.05, 3.63) is 28.6 Å². The highest BCUT2D eigenvalue weighted by Crippen LogP contribution is 2.31. The number of ether oxygens (including phenoxy) is 1. The van der Waals surface area contributed by atoms with Gasteiger partial charge in [-0.3, -0.25) is 0 Å². The summed E-state index contributed by atoms with van der Waals surface area (Å²) in [6.45, 7) is 2.02. The van der Waals surface area contributed by atoms with E-state index in [1.165, 1.54) is 0 Å². The molecule has 1 aromatic heterocycles. The van der Waals surface area contributed by atoms with Gasteiger partial charge in [-0.2, -0.15) is 4.98 Å². The lowest BCUT2D eigenvalue weighted by Gasteiger charge is -2.18. The van der Waals surface area contributed by atoms with Crippen LogP contribution in [-0.2, 0) is 0 Å². The van der Waals surface area contributed by atoms with E-state index in [9.17, 15) is 0 Å². The zero-order chi connectivity index (χ0) is 13.9. The maximum absolute atomic E-state index is 5.42. The Labute approximate surface area is 125 Å². The summed E-state index contributed by atoms with van der Waals surface area (Å²) in [5.74, 6) is 2.53. The predicted octanol–water partition coefficient (Wildman–Crippen LogP) is 2.97. The average Bonchev–Trinajstić information content (AvgIpc) is 2.98. The Kier molecular flexibility index (Phi) is 4.03. The van der Waals surface area contributed by atoms with Crippen LogP contribution >= 0.6 is 15.9 Å². The van der Waals surface area contributed by atoms with E-state index in [1.807, 2.05) is 18.2 Å². The molecule has 1 saturated heterocycles. The summed E-state index contributed by atoms with van der Waals surface area (Å²) in [5, 5.41) is 7.42. The lowest BCUT2D eigenvalue weighted by Crippen LogP contribution is -2.26. The van der Waals surface area contributed by atoms with Crippen LogP contribution in [0.4, 0.5) is 0 Å². The van der Waals surface area contributed by atoms with Crippen molar-refractivity contribution in [3.8, 4) is 17.1 Å². The first-order valence-corrected chi connectivity index (χ1v) is 7.45. The van der Waals surface area contributed by atoms with E-state index in [0.717, 1.165) is 47.6 Å². The normalized spacial score (nSPS) is 16.3. The minimum Gasteiger partial charge on any atom is -0.496 e. The zero-order valence-electron chi connectivity index (χ0n) is 11.2. The lowest BCUT2D eigenvalue weighted by molar-refractivity contribution is 0.320. The van der Waals surface area contributed by atoms with Gasteiger partial charge in [0.25, 0.3) is 0 Å². The van der Waals surface area contributed by atoms with E-state index in [4.69, 9.17) is 9.26 Å². The number of piperidine rings is 1. The smallest absolute Gasteiger partial charge is 0.230 e. The van der Waals surface area contributed by atoms with Gasteiger partial charge in [0.2, 0.25) is 11.7 Å². The molecule has 0 radical (unpaired) electrons. The second-order valence-electron chi connectivity index (χ2n) is 4.83. The molecular weight excluding hydrogens is 322 g/mol. The number of benzene rings is 1. The van der Waals surface area contributed by atoms with Crippen molar-refractivity contribution in [2.45, 2.75) is 18.8 Å². The standard InChI is InChI=1S/C14H16BrN3O2/c1-19-12-3-2-10(8-11(12)15)13-17-14(20-18-13)9-4-6-16-7-5-9/h2-3,8-9,16H,4-7H2,1H3. The third-order valence-corrected chi connectivity index (χ3v) is 4.16. The van der Waals surface area contributed by atoms with E-state index < -0.39 is 0 Å². The number of nitrogens with zero attached hydrogens (tertiary/aromatic N) is 2. The summed E-state index contributed by atoms with van der Waals surface area (Å²) in [7, 11) is 1.64. The Hall–Kier alpha value is -1.40.